The van der Waals surface area contributed by atoms with Gasteiger partial charge in [-0.1, -0.05) is 5.16 Å². The predicted octanol–water partition coefficient (Wildman–Crippen LogP) is 2.07. The molecule has 0 radical (unpaired) electrons. The summed E-state index contributed by atoms with van der Waals surface area (Å²) in [5.74, 6) is 1.70. The van der Waals surface area contributed by atoms with E-state index in [9.17, 15) is 0 Å². The summed E-state index contributed by atoms with van der Waals surface area (Å²) in [4.78, 5) is 8.65. The molecule has 6 heteroatoms. The maximum atomic E-state index is 5.71. The van der Waals surface area contributed by atoms with Crippen LogP contribution < -0.4 is 10.1 Å². The standard InChI is InChI=1S/C14H20N4O2/c1-9(2)19-11-6-5-7-16-13(11)14-17-12(18-20-14)8-10(3)15-4/h5-7,9-10,15H,8H2,1-4H3. The molecule has 0 saturated heterocycles. The Morgan fingerprint density at radius 1 is 1.35 bits per heavy atom. The van der Waals surface area contributed by atoms with Crippen LogP contribution in [0.4, 0.5) is 0 Å². The molecule has 0 aromatic carbocycles. The summed E-state index contributed by atoms with van der Waals surface area (Å²) < 4.78 is 11.0. The van der Waals surface area contributed by atoms with E-state index in [-0.39, 0.29) is 12.1 Å². The molecule has 2 aromatic heterocycles. The molecule has 2 rings (SSSR count). The van der Waals surface area contributed by atoms with Crippen LogP contribution in [0.5, 0.6) is 5.75 Å². The zero-order valence-corrected chi connectivity index (χ0v) is 12.3. The zero-order valence-electron chi connectivity index (χ0n) is 12.3. The van der Waals surface area contributed by atoms with Crippen LogP contribution >= 0.6 is 0 Å². The Morgan fingerprint density at radius 2 is 2.15 bits per heavy atom. The minimum atomic E-state index is 0.0599. The van der Waals surface area contributed by atoms with E-state index in [0.717, 1.165) is 0 Å². The minimum Gasteiger partial charge on any atom is -0.489 e. The van der Waals surface area contributed by atoms with Crippen LogP contribution in [-0.2, 0) is 6.42 Å². The van der Waals surface area contributed by atoms with Crippen LogP contribution in [0.3, 0.4) is 0 Å². The van der Waals surface area contributed by atoms with Gasteiger partial charge in [-0.25, -0.2) is 4.98 Å². The van der Waals surface area contributed by atoms with E-state index in [2.05, 4.69) is 27.4 Å². The number of rotatable bonds is 6. The summed E-state index contributed by atoms with van der Waals surface area (Å²) in [6, 6.07) is 3.96. The summed E-state index contributed by atoms with van der Waals surface area (Å²) in [6.07, 6.45) is 2.44. The Kier molecular flexibility index (Phi) is 4.68. The first kappa shape index (κ1) is 14.5. The fourth-order valence-corrected chi connectivity index (χ4v) is 1.71. The van der Waals surface area contributed by atoms with Crippen LogP contribution in [0.1, 0.15) is 26.6 Å². The monoisotopic (exact) mass is 276 g/mol. The second-order valence-corrected chi connectivity index (χ2v) is 4.93. The first-order chi connectivity index (χ1) is 9.60. The van der Waals surface area contributed by atoms with E-state index in [1.54, 1.807) is 6.20 Å². The quantitative estimate of drug-likeness (QED) is 0.870. The third kappa shape index (κ3) is 3.54. The minimum absolute atomic E-state index is 0.0599. The van der Waals surface area contributed by atoms with Crippen molar-refractivity contribution in [3.63, 3.8) is 0 Å². The second-order valence-electron chi connectivity index (χ2n) is 4.93. The average Bonchev–Trinajstić information content (AvgIpc) is 2.87. The normalized spacial score (nSPS) is 12.7. The highest BCUT2D eigenvalue weighted by atomic mass is 16.5. The van der Waals surface area contributed by atoms with Crippen molar-refractivity contribution in [3.8, 4) is 17.3 Å². The number of aromatic nitrogens is 3. The Hall–Kier alpha value is -1.95. The molecule has 20 heavy (non-hydrogen) atoms. The van der Waals surface area contributed by atoms with E-state index in [4.69, 9.17) is 9.26 Å². The van der Waals surface area contributed by atoms with Gasteiger partial charge < -0.3 is 14.6 Å². The molecule has 0 amide bonds. The lowest BCUT2D eigenvalue weighted by atomic mass is 10.2. The van der Waals surface area contributed by atoms with E-state index in [0.29, 0.717) is 29.6 Å². The number of nitrogens with one attached hydrogen (secondary N) is 1. The molecule has 0 saturated carbocycles. The fraction of sp³-hybridized carbons (Fsp3) is 0.500. The highest BCUT2D eigenvalue weighted by molar-refractivity contribution is 5.56. The first-order valence-corrected chi connectivity index (χ1v) is 6.72. The van der Waals surface area contributed by atoms with Crippen molar-refractivity contribution in [3.05, 3.63) is 24.2 Å². The molecular weight excluding hydrogens is 256 g/mol. The number of hydrogen-bond donors (Lipinski definition) is 1. The highest BCUT2D eigenvalue weighted by Crippen LogP contribution is 2.26. The molecule has 108 valence electrons. The van der Waals surface area contributed by atoms with Crippen molar-refractivity contribution in [2.24, 2.45) is 0 Å². The number of ether oxygens (including phenoxy) is 1. The predicted molar refractivity (Wildman–Crippen MR) is 75.5 cm³/mol. The van der Waals surface area contributed by atoms with E-state index < -0.39 is 0 Å². The Morgan fingerprint density at radius 3 is 2.85 bits per heavy atom. The van der Waals surface area contributed by atoms with Crippen LogP contribution in [0.2, 0.25) is 0 Å². The smallest absolute Gasteiger partial charge is 0.280 e. The molecule has 1 unspecified atom stereocenters. The highest BCUT2D eigenvalue weighted by Gasteiger charge is 2.17. The van der Waals surface area contributed by atoms with Gasteiger partial charge in [0.2, 0.25) is 0 Å². The summed E-state index contributed by atoms with van der Waals surface area (Å²) in [7, 11) is 1.90. The van der Waals surface area contributed by atoms with Gasteiger partial charge in [-0.05, 0) is 40.0 Å². The van der Waals surface area contributed by atoms with Crippen molar-refractivity contribution in [1.82, 2.24) is 20.4 Å². The van der Waals surface area contributed by atoms with Gasteiger partial charge in [0.1, 0.15) is 0 Å². The molecule has 0 bridgehead atoms. The number of hydrogen-bond acceptors (Lipinski definition) is 6. The van der Waals surface area contributed by atoms with E-state index >= 15 is 0 Å². The van der Waals surface area contributed by atoms with Gasteiger partial charge in [0, 0.05) is 18.7 Å². The van der Waals surface area contributed by atoms with E-state index in [1.165, 1.54) is 0 Å². The molecule has 6 nitrogen and oxygen atoms in total. The van der Waals surface area contributed by atoms with Crippen LogP contribution in [-0.4, -0.2) is 34.3 Å². The third-order valence-corrected chi connectivity index (χ3v) is 2.79. The summed E-state index contributed by atoms with van der Waals surface area (Å²) in [6.45, 7) is 5.99. The molecular formula is C14H20N4O2. The molecule has 1 N–H and O–H groups in total. The molecule has 0 fully saturated rings. The first-order valence-electron chi connectivity index (χ1n) is 6.72. The third-order valence-electron chi connectivity index (χ3n) is 2.79. The maximum Gasteiger partial charge on any atom is 0.280 e. The maximum absolute atomic E-state index is 5.71. The van der Waals surface area contributed by atoms with E-state index in [1.807, 2.05) is 33.0 Å². The zero-order chi connectivity index (χ0) is 14.5. The summed E-state index contributed by atoms with van der Waals surface area (Å²) in [5, 5.41) is 7.12. The lowest BCUT2D eigenvalue weighted by molar-refractivity contribution is 0.242. The Balaban J connectivity index is 2.23. The van der Waals surface area contributed by atoms with Gasteiger partial charge in [0.05, 0.1) is 6.10 Å². The van der Waals surface area contributed by atoms with Gasteiger partial charge in [0.25, 0.3) is 5.89 Å². The summed E-state index contributed by atoms with van der Waals surface area (Å²) >= 11 is 0. The van der Waals surface area contributed by atoms with Crippen LogP contribution in [0, 0.1) is 0 Å². The van der Waals surface area contributed by atoms with Crippen molar-refractivity contribution >= 4 is 0 Å². The van der Waals surface area contributed by atoms with Gasteiger partial charge in [-0.3, -0.25) is 0 Å². The molecule has 0 aliphatic heterocycles. The van der Waals surface area contributed by atoms with Crippen molar-refractivity contribution in [2.45, 2.75) is 39.3 Å². The van der Waals surface area contributed by atoms with Gasteiger partial charge in [0.15, 0.2) is 17.3 Å². The second kappa shape index (κ2) is 6.47. The number of likely N-dealkylation sites (N-methyl/N-ethyl adjacent to an activating group) is 1. The number of nitrogens with zero attached hydrogens (tertiary/aromatic N) is 3. The van der Waals surface area contributed by atoms with Crippen molar-refractivity contribution < 1.29 is 9.26 Å². The fourth-order valence-electron chi connectivity index (χ4n) is 1.71. The average molecular weight is 276 g/mol. The SMILES string of the molecule is CNC(C)Cc1noc(-c2ncccc2OC(C)C)n1. The molecule has 2 aromatic rings. The topological polar surface area (TPSA) is 73.1 Å². The summed E-state index contributed by atoms with van der Waals surface area (Å²) in [5.41, 5.74) is 0.581. The Labute approximate surface area is 118 Å². The lowest BCUT2D eigenvalue weighted by Crippen LogP contribution is -2.24. The van der Waals surface area contributed by atoms with Gasteiger partial charge in [-0.15, -0.1) is 0 Å². The van der Waals surface area contributed by atoms with Crippen molar-refractivity contribution in [1.29, 1.82) is 0 Å². The van der Waals surface area contributed by atoms with Gasteiger partial charge >= 0.3 is 0 Å². The van der Waals surface area contributed by atoms with Crippen LogP contribution in [0.25, 0.3) is 11.6 Å². The van der Waals surface area contributed by atoms with Crippen molar-refractivity contribution in [2.75, 3.05) is 7.05 Å². The number of pyridine rings is 1. The molecule has 1 atom stereocenters. The molecule has 0 aliphatic carbocycles. The molecule has 0 aliphatic rings. The van der Waals surface area contributed by atoms with Crippen LogP contribution in [0.15, 0.2) is 22.9 Å². The van der Waals surface area contributed by atoms with Gasteiger partial charge in [-0.2, -0.15) is 4.98 Å². The lowest BCUT2D eigenvalue weighted by Gasteiger charge is -2.10. The molecule has 0 spiro atoms. The Bertz CT molecular complexity index is 554. The largest absolute Gasteiger partial charge is 0.489 e. The molecule has 2 heterocycles.